The molecule has 2 atom stereocenters. The molecule has 1 aliphatic rings. The number of benzene rings is 1. The van der Waals surface area contributed by atoms with Crippen molar-refractivity contribution in [1.29, 1.82) is 0 Å². The van der Waals surface area contributed by atoms with Crippen LogP contribution in [0.25, 0.3) is 0 Å². The van der Waals surface area contributed by atoms with Crippen LogP contribution in [-0.2, 0) is 0 Å². The van der Waals surface area contributed by atoms with Gasteiger partial charge in [-0.15, -0.1) is 0 Å². The molecular formula is C18H30N2. The quantitative estimate of drug-likeness (QED) is 0.886. The van der Waals surface area contributed by atoms with E-state index < -0.39 is 0 Å². The van der Waals surface area contributed by atoms with Crippen molar-refractivity contribution in [1.82, 2.24) is 5.32 Å². The summed E-state index contributed by atoms with van der Waals surface area (Å²) in [5, 5.41) is 3.73. The van der Waals surface area contributed by atoms with Crippen molar-refractivity contribution in [2.24, 2.45) is 0 Å². The van der Waals surface area contributed by atoms with E-state index in [0.29, 0.717) is 12.0 Å². The maximum atomic E-state index is 3.73. The first kappa shape index (κ1) is 15.4. The van der Waals surface area contributed by atoms with Gasteiger partial charge in [0.2, 0.25) is 0 Å². The zero-order chi connectivity index (χ0) is 14.8. The largest absolute Gasteiger partial charge is 0.365 e. The predicted octanol–water partition coefficient (Wildman–Crippen LogP) is 4.17. The summed E-state index contributed by atoms with van der Waals surface area (Å²) in [6, 6.07) is 9.80. The molecular weight excluding hydrogens is 244 g/mol. The van der Waals surface area contributed by atoms with E-state index >= 15 is 0 Å². The maximum Gasteiger partial charge on any atom is 0.0412 e. The fourth-order valence-corrected chi connectivity index (χ4v) is 2.99. The Morgan fingerprint density at radius 3 is 2.40 bits per heavy atom. The van der Waals surface area contributed by atoms with Crippen molar-refractivity contribution < 1.29 is 0 Å². The highest BCUT2D eigenvalue weighted by Crippen LogP contribution is 2.28. The second-order valence-corrected chi connectivity index (χ2v) is 6.73. The Kier molecular flexibility index (Phi) is 4.74. The van der Waals surface area contributed by atoms with Gasteiger partial charge in [0, 0.05) is 30.4 Å². The van der Waals surface area contributed by atoms with Crippen LogP contribution in [0.1, 0.15) is 58.9 Å². The summed E-state index contributed by atoms with van der Waals surface area (Å²) in [5.74, 6) is 0.606. The Hall–Kier alpha value is -1.02. The molecule has 20 heavy (non-hydrogen) atoms. The van der Waals surface area contributed by atoms with Crippen LogP contribution in [0, 0.1) is 0 Å². The van der Waals surface area contributed by atoms with Gasteiger partial charge < -0.3 is 10.2 Å². The Morgan fingerprint density at radius 1 is 1.25 bits per heavy atom. The van der Waals surface area contributed by atoms with Crippen LogP contribution < -0.4 is 10.2 Å². The van der Waals surface area contributed by atoms with Crippen molar-refractivity contribution in [2.45, 2.75) is 65.0 Å². The third-order valence-corrected chi connectivity index (χ3v) is 4.87. The third-order valence-electron chi connectivity index (χ3n) is 4.87. The lowest BCUT2D eigenvalue weighted by molar-refractivity contribution is 0.276. The Morgan fingerprint density at radius 2 is 1.90 bits per heavy atom. The lowest BCUT2D eigenvalue weighted by Gasteiger charge is -2.47. The van der Waals surface area contributed by atoms with Crippen LogP contribution in [0.15, 0.2) is 24.3 Å². The van der Waals surface area contributed by atoms with Crippen LogP contribution in [0.3, 0.4) is 0 Å². The number of piperazine rings is 1. The van der Waals surface area contributed by atoms with Gasteiger partial charge in [0.25, 0.3) is 0 Å². The number of hydrogen-bond acceptors (Lipinski definition) is 2. The summed E-state index contributed by atoms with van der Waals surface area (Å²) >= 11 is 0. The molecule has 2 nitrogen and oxygen atoms in total. The minimum absolute atomic E-state index is 0.238. The van der Waals surface area contributed by atoms with Gasteiger partial charge in [0.05, 0.1) is 0 Å². The summed E-state index contributed by atoms with van der Waals surface area (Å²) in [6.45, 7) is 13.6. The van der Waals surface area contributed by atoms with E-state index in [9.17, 15) is 0 Å². The summed E-state index contributed by atoms with van der Waals surface area (Å²) in [6.07, 6.45) is 2.36. The molecule has 0 bridgehead atoms. The third kappa shape index (κ3) is 3.17. The molecule has 0 spiro atoms. The highest BCUT2D eigenvalue weighted by atomic mass is 15.3. The second-order valence-electron chi connectivity index (χ2n) is 6.73. The van der Waals surface area contributed by atoms with Crippen LogP contribution in [-0.4, -0.2) is 24.7 Å². The molecule has 1 heterocycles. The molecule has 1 aromatic carbocycles. The lowest BCUT2D eigenvalue weighted by Crippen LogP contribution is -2.62. The fraction of sp³-hybridized carbons (Fsp3) is 0.667. The zero-order valence-corrected chi connectivity index (χ0v) is 13.7. The molecule has 0 aromatic heterocycles. The van der Waals surface area contributed by atoms with Crippen molar-refractivity contribution in [3.63, 3.8) is 0 Å². The highest BCUT2D eigenvalue weighted by molar-refractivity contribution is 5.50. The summed E-state index contributed by atoms with van der Waals surface area (Å²) in [5.41, 5.74) is 3.04. The maximum absolute atomic E-state index is 3.73. The average Bonchev–Trinajstić information content (AvgIpc) is 2.47. The molecule has 0 saturated carbocycles. The highest BCUT2D eigenvalue weighted by Gasteiger charge is 2.33. The molecule has 0 amide bonds. The van der Waals surface area contributed by atoms with Crippen molar-refractivity contribution in [2.75, 3.05) is 18.0 Å². The van der Waals surface area contributed by atoms with Gasteiger partial charge in [-0.1, -0.05) is 39.8 Å². The lowest BCUT2D eigenvalue weighted by atomic mass is 9.92. The van der Waals surface area contributed by atoms with Crippen LogP contribution in [0.4, 0.5) is 5.69 Å². The van der Waals surface area contributed by atoms with E-state index in [2.05, 4.69) is 69.1 Å². The zero-order valence-electron chi connectivity index (χ0n) is 13.7. The number of hydrogen-bond donors (Lipinski definition) is 1. The van der Waals surface area contributed by atoms with Crippen LogP contribution in [0.2, 0.25) is 0 Å². The van der Waals surface area contributed by atoms with Gasteiger partial charge in [-0.25, -0.2) is 0 Å². The van der Waals surface area contributed by atoms with Gasteiger partial charge in [0.15, 0.2) is 0 Å². The normalized spacial score (nSPS) is 27.1. The monoisotopic (exact) mass is 274 g/mol. The number of anilines is 1. The summed E-state index contributed by atoms with van der Waals surface area (Å²) in [4.78, 5) is 2.60. The van der Waals surface area contributed by atoms with E-state index in [1.807, 2.05) is 0 Å². The van der Waals surface area contributed by atoms with Crippen molar-refractivity contribution >= 4 is 5.69 Å². The van der Waals surface area contributed by atoms with E-state index in [4.69, 9.17) is 0 Å². The molecule has 0 aliphatic carbocycles. The average molecular weight is 274 g/mol. The number of nitrogens with zero attached hydrogens (tertiary/aromatic N) is 1. The molecule has 1 aliphatic heterocycles. The number of rotatable bonds is 4. The molecule has 0 radical (unpaired) electrons. The Bertz CT molecular complexity index is 424. The first-order valence-electron chi connectivity index (χ1n) is 8.10. The summed E-state index contributed by atoms with van der Waals surface area (Å²) in [7, 11) is 0. The molecule has 112 valence electrons. The molecule has 1 aromatic rings. The van der Waals surface area contributed by atoms with Crippen LogP contribution >= 0.6 is 0 Å². The smallest absolute Gasteiger partial charge is 0.0412 e. The van der Waals surface area contributed by atoms with E-state index in [1.165, 1.54) is 24.1 Å². The molecule has 2 heteroatoms. The molecule has 1 saturated heterocycles. The van der Waals surface area contributed by atoms with Crippen molar-refractivity contribution in [3.05, 3.63) is 29.8 Å². The summed E-state index contributed by atoms with van der Waals surface area (Å²) < 4.78 is 0. The number of nitrogens with one attached hydrogen (secondary N) is 1. The minimum Gasteiger partial charge on any atom is -0.365 e. The van der Waals surface area contributed by atoms with E-state index in [-0.39, 0.29) is 5.54 Å². The molecule has 1 fully saturated rings. The van der Waals surface area contributed by atoms with Gasteiger partial charge in [-0.2, -0.15) is 0 Å². The second kappa shape index (κ2) is 6.17. The van der Waals surface area contributed by atoms with Gasteiger partial charge in [-0.3, -0.25) is 0 Å². The topological polar surface area (TPSA) is 15.3 Å². The fourth-order valence-electron chi connectivity index (χ4n) is 2.99. The van der Waals surface area contributed by atoms with Gasteiger partial charge in [-0.05, 0) is 43.4 Å². The first-order chi connectivity index (χ1) is 9.49. The Balaban J connectivity index is 2.22. The molecule has 2 unspecified atom stereocenters. The van der Waals surface area contributed by atoms with Gasteiger partial charge in [0.1, 0.15) is 0 Å². The first-order valence-corrected chi connectivity index (χ1v) is 8.10. The predicted molar refractivity (Wildman–Crippen MR) is 88.7 cm³/mol. The van der Waals surface area contributed by atoms with E-state index in [0.717, 1.165) is 13.1 Å². The van der Waals surface area contributed by atoms with Gasteiger partial charge >= 0.3 is 0 Å². The molecule has 1 N–H and O–H groups in total. The van der Waals surface area contributed by atoms with E-state index in [1.54, 1.807) is 0 Å². The molecule has 2 rings (SSSR count). The minimum atomic E-state index is 0.238. The van der Waals surface area contributed by atoms with Crippen molar-refractivity contribution in [3.8, 4) is 0 Å². The standard InChI is InChI=1S/C18H30N2/c1-6-16-12-19-18(5,7-2)13-20(16)17-10-8-15(9-11-17)14(3)4/h8-11,14,16,19H,6-7,12-13H2,1-5H3. The Labute approximate surface area is 124 Å². The SMILES string of the molecule is CCC1CNC(C)(CC)CN1c1ccc(C(C)C)cc1. The van der Waals surface area contributed by atoms with Crippen LogP contribution in [0.5, 0.6) is 0 Å².